The van der Waals surface area contributed by atoms with E-state index in [0.717, 1.165) is 0 Å². The highest BCUT2D eigenvalue weighted by Gasteiger charge is 2.37. The molecule has 3 rings (SSSR count). The van der Waals surface area contributed by atoms with Crippen LogP contribution in [0.3, 0.4) is 0 Å². The zero-order valence-corrected chi connectivity index (χ0v) is 18.3. The van der Waals surface area contributed by atoms with Gasteiger partial charge in [0, 0.05) is 19.0 Å². The number of nitrogens with one attached hydrogen (secondary N) is 1. The number of methoxy groups -OCH3 is 2. The van der Waals surface area contributed by atoms with E-state index in [9.17, 15) is 14.4 Å². The molecule has 2 amide bonds. The van der Waals surface area contributed by atoms with Crippen LogP contribution in [0, 0.1) is 5.92 Å². The van der Waals surface area contributed by atoms with Gasteiger partial charge in [0.2, 0.25) is 5.91 Å². The lowest BCUT2D eigenvalue weighted by molar-refractivity contribution is -0.151. The highest BCUT2D eigenvalue weighted by atomic mass is 16.5. The Morgan fingerprint density at radius 3 is 2.59 bits per heavy atom. The number of nitrogens with zero attached hydrogens (tertiary/aromatic N) is 1. The third-order valence-electron chi connectivity index (χ3n) is 4.94. The average molecular weight is 442 g/mol. The standard InChI is InChI=1S/C23H26N2O7/c1-4-31-19-8-6-5-7-18(19)25-13-15(11-22(25)27)23(28)32-14-21(26)24-17-10-9-16(29-2)12-20(17)30-3/h5-10,12,15H,4,11,13-14H2,1-3H3,(H,24,26)/t15-/m0/s1. The van der Waals surface area contributed by atoms with Crippen LogP contribution in [0.4, 0.5) is 11.4 Å². The number of benzene rings is 2. The van der Waals surface area contributed by atoms with E-state index in [4.69, 9.17) is 18.9 Å². The monoisotopic (exact) mass is 442 g/mol. The lowest BCUT2D eigenvalue weighted by Gasteiger charge is -2.20. The Morgan fingerprint density at radius 1 is 1.09 bits per heavy atom. The number of hydrogen-bond acceptors (Lipinski definition) is 7. The quantitative estimate of drug-likeness (QED) is 0.596. The first-order chi connectivity index (χ1) is 15.5. The van der Waals surface area contributed by atoms with E-state index < -0.39 is 24.4 Å². The van der Waals surface area contributed by atoms with E-state index in [1.807, 2.05) is 13.0 Å². The predicted octanol–water partition coefficient (Wildman–Crippen LogP) is 2.64. The second-order valence-electron chi connectivity index (χ2n) is 7.03. The van der Waals surface area contributed by atoms with Gasteiger partial charge in [0.1, 0.15) is 17.2 Å². The van der Waals surface area contributed by atoms with Crippen LogP contribution in [-0.2, 0) is 19.1 Å². The number of amides is 2. The van der Waals surface area contributed by atoms with Gasteiger partial charge in [0.05, 0.1) is 38.1 Å². The van der Waals surface area contributed by atoms with E-state index in [-0.39, 0.29) is 18.9 Å². The van der Waals surface area contributed by atoms with E-state index in [1.165, 1.54) is 19.1 Å². The predicted molar refractivity (Wildman–Crippen MR) is 117 cm³/mol. The molecule has 0 unspecified atom stereocenters. The van der Waals surface area contributed by atoms with Crippen molar-refractivity contribution in [3.63, 3.8) is 0 Å². The van der Waals surface area contributed by atoms with E-state index in [0.29, 0.717) is 35.2 Å². The number of hydrogen-bond donors (Lipinski definition) is 1. The number of carbonyl (C=O) groups excluding carboxylic acids is 3. The van der Waals surface area contributed by atoms with Gasteiger partial charge in [0.15, 0.2) is 6.61 Å². The van der Waals surface area contributed by atoms with Crippen molar-refractivity contribution >= 4 is 29.2 Å². The van der Waals surface area contributed by atoms with Crippen LogP contribution >= 0.6 is 0 Å². The minimum absolute atomic E-state index is 0.00716. The number of carbonyl (C=O) groups is 3. The number of para-hydroxylation sites is 2. The summed E-state index contributed by atoms with van der Waals surface area (Å²) in [6.45, 7) is 2.00. The molecule has 0 radical (unpaired) electrons. The first-order valence-corrected chi connectivity index (χ1v) is 10.2. The first-order valence-electron chi connectivity index (χ1n) is 10.2. The summed E-state index contributed by atoms with van der Waals surface area (Å²) in [6, 6.07) is 12.1. The van der Waals surface area contributed by atoms with Gasteiger partial charge in [-0.3, -0.25) is 14.4 Å². The molecule has 9 nitrogen and oxygen atoms in total. The molecule has 1 saturated heterocycles. The van der Waals surface area contributed by atoms with Crippen molar-refractivity contribution in [1.29, 1.82) is 0 Å². The molecule has 0 bridgehead atoms. The third-order valence-corrected chi connectivity index (χ3v) is 4.94. The summed E-state index contributed by atoms with van der Waals surface area (Å²) in [6.07, 6.45) is 0.00716. The highest BCUT2D eigenvalue weighted by Crippen LogP contribution is 2.33. The molecule has 1 atom stereocenters. The van der Waals surface area contributed by atoms with Gasteiger partial charge in [-0.05, 0) is 31.2 Å². The Hall–Kier alpha value is -3.75. The van der Waals surface area contributed by atoms with Crippen molar-refractivity contribution in [2.45, 2.75) is 13.3 Å². The summed E-state index contributed by atoms with van der Waals surface area (Å²) in [5, 5.41) is 2.63. The maximum Gasteiger partial charge on any atom is 0.311 e. The maximum absolute atomic E-state index is 12.5. The molecule has 2 aromatic rings. The van der Waals surface area contributed by atoms with Crippen molar-refractivity contribution < 1.29 is 33.3 Å². The number of esters is 1. The second-order valence-corrected chi connectivity index (χ2v) is 7.03. The summed E-state index contributed by atoms with van der Waals surface area (Å²) in [5.41, 5.74) is 1.03. The highest BCUT2D eigenvalue weighted by molar-refractivity contribution is 6.01. The van der Waals surface area contributed by atoms with Crippen LogP contribution in [0.5, 0.6) is 17.2 Å². The smallest absolute Gasteiger partial charge is 0.311 e. The summed E-state index contributed by atoms with van der Waals surface area (Å²) in [5.74, 6) is -0.435. The fraction of sp³-hybridized carbons (Fsp3) is 0.348. The van der Waals surface area contributed by atoms with Gasteiger partial charge in [-0.1, -0.05) is 12.1 Å². The average Bonchev–Trinajstić information content (AvgIpc) is 3.19. The molecule has 9 heteroatoms. The minimum Gasteiger partial charge on any atom is -0.497 e. The first kappa shape index (κ1) is 22.9. The van der Waals surface area contributed by atoms with Gasteiger partial charge in [-0.15, -0.1) is 0 Å². The molecular formula is C23H26N2O7. The molecule has 32 heavy (non-hydrogen) atoms. The van der Waals surface area contributed by atoms with Crippen LogP contribution in [0.15, 0.2) is 42.5 Å². The largest absolute Gasteiger partial charge is 0.497 e. The fourth-order valence-electron chi connectivity index (χ4n) is 3.40. The fourth-order valence-corrected chi connectivity index (χ4v) is 3.40. The summed E-state index contributed by atoms with van der Waals surface area (Å²) in [7, 11) is 2.99. The molecule has 0 saturated carbocycles. The Bertz CT molecular complexity index is 992. The Labute approximate surface area is 186 Å². The Morgan fingerprint density at radius 2 is 1.88 bits per heavy atom. The van der Waals surface area contributed by atoms with Gasteiger partial charge in [-0.2, -0.15) is 0 Å². The third kappa shape index (κ3) is 5.29. The van der Waals surface area contributed by atoms with Crippen LogP contribution in [-0.4, -0.2) is 51.8 Å². The zero-order valence-electron chi connectivity index (χ0n) is 18.3. The van der Waals surface area contributed by atoms with Crippen LogP contribution in [0.2, 0.25) is 0 Å². The second kappa shape index (κ2) is 10.5. The molecule has 0 aliphatic carbocycles. The van der Waals surface area contributed by atoms with Gasteiger partial charge < -0.3 is 29.2 Å². The normalized spacial score (nSPS) is 15.3. The summed E-state index contributed by atoms with van der Waals surface area (Å²) >= 11 is 0. The molecule has 170 valence electrons. The summed E-state index contributed by atoms with van der Waals surface area (Å²) < 4.78 is 21.1. The zero-order chi connectivity index (χ0) is 23.1. The molecule has 1 fully saturated rings. The molecule has 2 aromatic carbocycles. The van der Waals surface area contributed by atoms with E-state index >= 15 is 0 Å². The molecule has 0 spiro atoms. The van der Waals surface area contributed by atoms with Gasteiger partial charge >= 0.3 is 5.97 Å². The van der Waals surface area contributed by atoms with Crippen molar-refractivity contribution in [2.24, 2.45) is 5.92 Å². The van der Waals surface area contributed by atoms with Gasteiger partial charge in [-0.25, -0.2) is 0 Å². The topological polar surface area (TPSA) is 103 Å². The molecule has 1 N–H and O–H groups in total. The van der Waals surface area contributed by atoms with Gasteiger partial charge in [0.25, 0.3) is 5.91 Å². The molecule has 1 heterocycles. The van der Waals surface area contributed by atoms with Crippen molar-refractivity contribution in [3.8, 4) is 17.2 Å². The minimum atomic E-state index is -0.666. The maximum atomic E-state index is 12.5. The van der Waals surface area contributed by atoms with Crippen LogP contribution in [0.1, 0.15) is 13.3 Å². The number of anilines is 2. The van der Waals surface area contributed by atoms with Crippen LogP contribution in [0.25, 0.3) is 0 Å². The number of rotatable bonds is 9. The van der Waals surface area contributed by atoms with E-state index in [2.05, 4.69) is 5.32 Å². The molecule has 0 aromatic heterocycles. The lowest BCUT2D eigenvalue weighted by Crippen LogP contribution is -2.28. The number of ether oxygens (including phenoxy) is 4. The Kier molecular flexibility index (Phi) is 7.54. The summed E-state index contributed by atoms with van der Waals surface area (Å²) in [4.78, 5) is 38.8. The van der Waals surface area contributed by atoms with E-state index in [1.54, 1.807) is 36.4 Å². The lowest BCUT2D eigenvalue weighted by atomic mass is 10.1. The molecule has 1 aliphatic heterocycles. The molecule has 1 aliphatic rings. The SMILES string of the molecule is CCOc1ccccc1N1C[C@@H](C(=O)OCC(=O)Nc2ccc(OC)cc2OC)CC1=O. The van der Waals surface area contributed by atoms with Crippen molar-refractivity contribution in [1.82, 2.24) is 0 Å². The molecular weight excluding hydrogens is 416 g/mol. The van der Waals surface area contributed by atoms with Crippen molar-refractivity contribution in [3.05, 3.63) is 42.5 Å². The van der Waals surface area contributed by atoms with Crippen LogP contribution < -0.4 is 24.4 Å². The Balaban J connectivity index is 1.57. The van der Waals surface area contributed by atoms with Crippen molar-refractivity contribution in [2.75, 3.05) is 44.2 Å².